The van der Waals surface area contributed by atoms with Gasteiger partial charge in [0.2, 0.25) is 5.95 Å². The van der Waals surface area contributed by atoms with E-state index >= 15 is 0 Å². The van der Waals surface area contributed by atoms with Gasteiger partial charge in [-0.2, -0.15) is 10.1 Å². The monoisotopic (exact) mass is 335 g/mol. The van der Waals surface area contributed by atoms with E-state index in [0.717, 1.165) is 43.1 Å². The molecule has 0 unspecified atom stereocenters. The Morgan fingerprint density at radius 3 is 2.88 bits per heavy atom. The van der Waals surface area contributed by atoms with Crippen molar-refractivity contribution in [1.29, 1.82) is 0 Å². The van der Waals surface area contributed by atoms with Crippen LogP contribution < -0.4 is 16.4 Å². The number of nitrogens with zero attached hydrogens (tertiary/aromatic N) is 4. The molecule has 0 aliphatic carbocycles. The van der Waals surface area contributed by atoms with Crippen molar-refractivity contribution in [2.75, 3.05) is 17.6 Å². The molecule has 0 spiro atoms. The molecule has 128 valence electrons. The summed E-state index contributed by atoms with van der Waals surface area (Å²) in [6, 6.07) is 10.3. The minimum absolute atomic E-state index is 0.315. The molecule has 3 aromatic rings. The Labute approximate surface area is 146 Å². The Bertz CT molecular complexity index is 858. The van der Waals surface area contributed by atoms with Crippen molar-refractivity contribution in [3.05, 3.63) is 65.1 Å². The zero-order valence-electron chi connectivity index (χ0n) is 13.9. The van der Waals surface area contributed by atoms with Crippen LogP contribution in [0.5, 0.6) is 0 Å². The van der Waals surface area contributed by atoms with E-state index in [0.29, 0.717) is 12.5 Å². The molecule has 0 saturated carbocycles. The molecule has 0 radical (unpaired) electrons. The van der Waals surface area contributed by atoms with Gasteiger partial charge in [-0.3, -0.25) is 4.68 Å². The first-order chi connectivity index (χ1) is 12.3. The van der Waals surface area contributed by atoms with Gasteiger partial charge < -0.3 is 16.4 Å². The summed E-state index contributed by atoms with van der Waals surface area (Å²) >= 11 is 0. The van der Waals surface area contributed by atoms with Crippen molar-refractivity contribution in [3.8, 4) is 0 Å². The van der Waals surface area contributed by atoms with Crippen LogP contribution in [-0.4, -0.2) is 26.3 Å². The summed E-state index contributed by atoms with van der Waals surface area (Å²) in [6.07, 6.45) is 4.68. The summed E-state index contributed by atoms with van der Waals surface area (Å²) in [5.74, 6) is 1.16. The SMILES string of the molecule is Nc1nc2c(c(NCc3ccccc3Cn3cccn3)n1)CCNC2. The van der Waals surface area contributed by atoms with Gasteiger partial charge in [0.05, 0.1) is 12.2 Å². The molecule has 0 atom stereocenters. The minimum atomic E-state index is 0.315. The van der Waals surface area contributed by atoms with Crippen LogP contribution in [0.2, 0.25) is 0 Å². The predicted octanol–water partition coefficient (Wildman–Crippen LogP) is 1.56. The van der Waals surface area contributed by atoms with Gasteiger partial charge in [0.25, 0.3) is 0 Å². The molecule has 25 heavy (non-hydrogen) atoms. The average Bonchev–Trinajstić information content (AvgIpc) is 3.13. The van der Waals surface area contributed by atoms with Crippen LogP contribution in [0.15, 0.2) is 42.7 Å². The first kappa shape index (κ1) is 15.6. The fourth-order valence-electron chi connectivity index (χ4n) is 3.16. The van der Waals surface area contributed by atoms with Crippen LogP contribution in [0.3, 0.4) is 0 Å². The smallest absolute Gasteiger partial charge is 0.222 e. The van der Waals surface area contributed by atoms with Gasteiger partial charge in [0, 0.05) is 31.0 Å². The summed E-state index contributed by atoms with van der Waals surface area (Å²) in [6.45, 7) is 3.12. The molecule has 0 amide bonds. The van der Waals surface area contributed by atoms with E-state index in [-0.39, 0.29) is 0 Å². The normalized spacial score (nSPS) is 13.4. The standard InChI is InChI=1S/C18H21N7/c19-18-23-16-11-20-8-6-15(16)17(24-18)21-10-13-4-1-2-5-14(13)12-25-9-3-7-22-25/h1-5,7,9,20H,6,8,10-12H2,(H3,19,21,23,24). The van der Waals surface area contributed by atoms with E-state index in [1.54, 1.807) is 6.20 Å². The first-order valence-electron chi connectivity index (χ1n) is 8.43. The van der Waals surface area contributed by atoms with E-state index in [1.807, 2.05) is 16.9 Å². The number of anilines is 2. The van der Waals surface area contributed by atoms with Crippen molar-refractivity contribution in [2.45, 2.75) is 26.1 Å². The summed E-state index contributed by atoms with van der Waals surface area (Å²) in [7, 11) is 0. The fourth-order valence-corrected chi connectivity index (χ4v) is 3.16. The molecule has 4 rings (SSSR count). The first-order valence-corrected chi connectivity index (χ1v) is 8.43. The maximum Gasteiger partial charge on any atom is 0.222 e. The molecule has 0 bridgehead atoms. The molecule has 2 aromatic heterocycles. The molecule has 1 aliphatic heterocycles. The van der Waals surface area contributed by atoms with Crippen LogP contribution >= 0.6 is 0 Å². The van der Waals surface area contributed by atoms with Gasteiger partial charge in [-0.25, -0.2) is 4.98 Å². The molecule has 4 N–H and O–H groups in total. The summed E-state index contributed by atoms with van der Waals surface area (Å²) in [4.78, 5) is 8.77. The topological polar surface area (TPSA) is 93.7 Å². The van der Waals surface area contributed by atoms with E-state index in [4.69, 9.17) is 5.73 Å². The molecular weight excluding hydrogens is 314 g/mol. The summed E-state index contributed by atoms with van der Waals surface area (Å²) in [5, 5.41) is 11.1. The Morgan fingerprint density at radius 1 is 1.16 bits per heavy atom. The molecule has 1 aromatic carbocycles. The van der Waals surface area contributed by atoms with E-state index < -0.39 is 0 Å². The van der Waals surface area contributed by atoms with E-state index in [2.05, 4.69) is 50.0 Å². The zero-order valence-corrected chi connectivity index (χ0v) is 13.9. The molecule has 0 fully saturated rings. The largest absolute Gasteiger partial charge is 0.368 e. The lowest BCUT2D eigenvalue weighted by atomic mass is 10.1. The van der Waals surface area contributed by atoms with Crippen molar-refractivity contribution >= 4 is 11.8 Å². The van der Waals surface area contributed by atoms with Crippen LogP contribution in [0, 0.1) is 0 Å². The lowest BCUT2D eigenvalue weighted by Gasteiger charge is -2.20. The number of rotatable bonds is 5. The molecule has 3 heterocycles. The molecule has 7 heteroatoms. The molecule has 7 nitrogen and oxygen atoms in total. The van der Waals surface area contributed by atoms with Gasteiger partial charge in [0.1, 0.15) is 5.82 Å². The average molecular weight is 335 g/mol. The van der Waals surface area contributed by atoms with Gasteiger partial charge in [-0.1, -0.05) is 24.3 Å². The van der Waals surface area contributed by atoms with Crippen LogP contribution in [-0.2, 0) is 26.1 Å². The Hall–Kier alpha value is -2.93. The number of nitrogens with one attached hydrogen (secondary N) is 2. The van der Waals surface area contributed by atoms with Crippen LogP contribution in [0.25, 0.3) is 0 Å². The second-order valence-electron chi connectivity index (χ2n) is 6.11. The van der Waals surface area contributed by atoms with Crippen molar-refractivity contribution in [1.82, 2.24) is 25.1 Å². The van der Waals surface area contributed by atoms with Crippen molar-refractivity contribution in [3.63, 3.8) is 0 Å². The number of nitrogens with two attached hydrogens (primary N) is 1. The number of fused-ring (bicyclic) bond motifs is 1. The quantitative estimate of drug-likeness (QED) is 0.655. The second-order valence-corrected chi connectivity index (χ2v) is 6.11. The van der Waals surface area contributed by atoms with Crippen molar-refractivity contribution in [2.24, 2.45) is 0 Å². The number of aromatic nitrogens is 4. The van der Waals surface area contributed by atoms with Crippen LogP contribution in [0.4, 0.5) is 11.8 Å². The fraction of sp³-hybridized carbons (Fsp3) is 0.278. The number of hydrogen-bond acceptors (Lipinski definition) is 6. The highest BCUT2D eigenvalue weighted by Crippen LogP contribution is 2.22. The van der Waals surface area contributed by atoms with Gasteiger partial charge in [-0.15, -0.1) is 0 Å². The lowest BCUT2D eigenvalue weighted by Crippen LogP contribution is -2.27. The Kier molecular flexibility index (Phi) is 4.30. The third kappa shape index (κ3) is 3.46. The van der Waals surface area contributed by atoms with E-state index in [9.17, 15) is 0 Å². The van der Waals surface area contributed by atoms with Gasteiger partial charge in [-0.05, 0) is 30.2 Å². The van der Waals surface area contributed by atoms with Gasteiger partial charge >= 0.3 is 0 Å². The second kappa shape index (κ2) is 6.90. The third-order valence-corrected chi connectivity index (χ3v) is 4.41. The number of nitrogen functional groups attached to an aromatic ring is 1. The predicted molar refractivity (Wildman–Crippen MR) is 97.0 cm³/mol. The zero-order chi connectivity index (χ0) is 17.1. The highest BCUT2D eigenvalue weighted by atomic mass is 15.3. The van der Waals surface area contributed by atoms with E-state index in [1.165, 1.54) is 11.1 Å². The molecule has 0 saturated heterocycles. The van der Waals surface area contributed by atoms with Crippen LogP contribution in [0.1, 0.15) is 22.4 Å². The highest BCUT2D eigenvalue weighted by Gasteiger charge is 2.16. The number of benzene rings is 1. The lowest BCUT2D eigenvalue weighted by molar-refractivity contribution is 0.625. The summed E-state index contributed by atoms with van der Waals surface area (Å²) in [5.41, 5.74) is 10.5. The maximum absolute atomic E-state index is 5.87. The molecule has 1 aliphatic rings. The van der Waals surface area contributed by atoms with Gasteiger partial charge in [0.15, 0.2) is 0 Å². The highest BCUT2D eigenvalue weighted by molar-refractivity contribution is 5.51. The molecular formula is C18H21N7. The Morgan fingerprint density at radius 2 is 2.04 bits per heavy atom. The number of hydrogen-bond donors (Lipinski definition) is 3. The summed E-state index contributed by atoms with van der Waals surface area (Å²) < 4.78 is 1.93. The Balaban J connectivity index is 1.55. The van der Waals surface area contributed by atoms with Crippen molar-refractivity contribution < 1.29 is 0 Å². The minimum Gasteiger partial charge on any atom is -0.368 e. The maximum atomic E-state index is 5.87. The third-order valence-electron chi connectivity index (χ3n) is 4.41.